The van der Waals surface area contributed by atoms with E-state index in [1.165, 1.54) is 10.4 Å². The Morgan fingerprint density at radius 3 is 2.50 bits per heavy atom. The van der Waals surface area contributed by atoms with Crippen molar-refractivity contribution >= 4 is 10.0 Å². The molecule has 1 aliphatic rings. The third kappa shape index (κ3) is 3.71. The predicted molar refractivity (Wildman–Crippen MR) is 82.6 cm³/mol. The molecule has 2 N–H and O–H groups in total. The van der Waals surface area contributed by atoms with Crippen LogP contribution >= 0.6 is 0 Å². The second-order valence-corrected chi connectivity index (χ2v) is 7.30. The van der Waals surface area contributed by atoms with Crippen LogP contribution in [0.4, 0.5) is 0 Å². The maximum absolute atomic E-state index is 12.8. The molecule has 1 fully saturated rings. The number of phenols is 2. The minimum Gasteiger partial charge on any atom is -0.508 e. The number of nitrogens with zero attached hydrogens (tertiary/aromatic N) is 1. The van der Waals surface area contributed by atoms with Gasteiger partial charge in [-0.1, -0.05) is 19.8 Å². The number of aromatic hydroxyl groups is 2. The van der Waals surface area contributed by atoms with Crippen molar-refractivity contribution in [3.63, 3.8) is 0 Å². The summed E-state index contributed by atoms with van der Waals surface area (Å²) in [6, 6.07) is 2.51. The molecule has 0 unspecified atom stereocenters. The standard InChI is InChI=1S/C15H23NO5S/c1-2-3-4-5-12-10-13(17)11-14(18)15(12)22(19,20)16-6-8-21-9-7-16/h10-11,17-18H,2-9H2,1H3. The Kier molecular flexibility index (Phi) is 5.66. The molecule has 1 aliphatic heterocycles. The first kappa shape index (κ1) is 17.1. The molecule has 6 nitrogen and oxygen atoms in total. The number of morpholine rings is 1. The molecule has 7 heteroatoms. The van der Waals surface area contributed by atoms with Crippen molar-refractivity contribution in [1.29, 1.82) is 0 Å². The quantitative estimate of drug-likeness (QED) is 0.778. The second kappa shape index (κ2) is 7.30. The van der Waals surface area contributed by atoms with Crippen molar-refractivity contribution in [1.82, 2.24) is 4.31 Å². The zero-order chi connectivity index (χ0) is 16.2. The number of unbranched alkanes of at least 4 members (excludes halogenated alkanes) is 2. The highest BCUT2D eigenvalue weighted by atomic mass is 32.2. The van der Waals surface area contributed by atoms with Gasteiger partial charge in [0.25, 0.3) is 0 Å². The van der Waals surface area contributed by atoms with E-state index in [0.717, 1.165) is 25.3 Å². The van der Waals surface area contributed by atoms with Crippen molar-refractivity contribution in [3.8, 4) is 11.5 Å². The third-order valence-electron chi connectivity index (χ3n) is 3.75. The van der Waals surface area contributed by atoms with E-state index < -0.39 is 15.8 Å². The molecule has 1 aromatic carbocycles. The average molecular weight is 329 g/mol. The van der Waals surface area contributed by atoms with Gasteiger partial charge in [-0.05, 0) is 24.5 Å². The Morgan fingerprint density at radius 2 is 1.86 bits per heavy atom. The van der Waals surface area contributed by atoms with Crippen molar-refractivity contribution in [3.05, 3.63) is 17.7 Å². The van der Waals surface area contributed by atoms with E-state index in [-0.39, 0.29) is 23.7 Å². The first-order chi connectivity index (χ1) is 10.5. The van der Waals surface area contributed by atoms with Crippen molar-refractivity contribution in [2.45, 2.75) is 37.5 Å². The van der Waals surface area contributed by atoms with E-state index in [1.54, 1.807) is 0 Å². The van der Waals surface area contributed by atoms with E-state index in [1.807, 2.05) is 0 Å². The molecule has 1 aromatic rings. The second-order valence-electron chi connectivity index (χ2n) is 5.43. The largest absolute Gasteiger partial charge is 0.508 e. The number of aryl methyl sites for hydroxylation is 1. The topological polar surface area (TPSA) is 87.1 Å². The highest BCUT2D eigenvalue weighted by molar-refractivity contribution is 7.89. The molecule has 124 valence electrons. The minimum atomic E-state index is -3.79. The fourth-order valence-corrected chi connectivity index (χ4v) is 4.32. The SMILES string of the molecule is CCCCCc1cc(O)cc(O)c1S(=O)(=O)N1CCOCC1. The van der Waals surface area contributed by atoms with Crippen LogP contribution < -0.4 is 0 Å². The Labute approximate surface area is 131 Å². The summed E-state index contributed by atoms with van der Waals surface area (Å²) in [5, 5.41) is 19.8. The Bertz CT molecular complexity index is 609. The molecule has 0 atom stereocenters. The molecular weight excluding hydrogens is 306 g/mol. The molecule has 0 bridgehead atoms. The lowest BCUT2D eigenvalue weighted by Gasteiger charge is -2.27. The summed E-state index contributed by atoms with van der Waals surface area (Å²) in [7, 11) is -3.79. The van der Waals surface area contributed by atoms with E-state index in [9.17, 15) is 18.6 Å². The molecular formula is C15H23NO5S. The molecule has 0 spiro atoms. The zero-order valence-electron chi connectivity index (χ0n) is 12.8. The molecule has 0 radical (unpaired) electrons. The first-order valence-electron chi connectivity index (χ1n) is 7.59. The lowest BCUT2D eigenvalue weighted by atomic mass is 10.1. The fourth-order valence-electron chi connectivity index (χ4n) is 2.62. The lowest BCUT2D eigenvalue weighted by molar-refractivity contribution is 0.0729. The van der Waals surface area contributed by atoms with Crippen LogP contribution in [0.1, 0.15) is 31.7 Å². The van der Waals surface area contributed by atoms with Crippen molar-refractivity contribution in [2.24, 2.45) is 0 Å². The number of rotatable bonds is 6. The monoisotopic (exact) mass is 329 g/mol. The molecule has 0 aromatic heterocycles. The molecule has 1 saturated heterocycles. The van der Waals surface area contributed by atoms with Crippen molar-refractivity contribution in [2.75, 3.05) is 26.3 Å². The first-order valence-corrected chi connectivity index (χ1v) is 9.03. The van der Waals surface area contributed by atoms with Gasteiger partial charge in [0.15, 0.2) is 0 Å². The number of hydrogen-bond acceptors (Lipinski definition) is 5. The highest BCUT2D eigenvalue weighted by Gasteiger charge is 2.31. The fraction of sp³-hybridized carbons (Fsp3) is 0.600. The number of hydrogen-bond donors (Lipinski definition) is 2. The average Bonchev–Trinajstić information content (AvgIpc) is 2.47. The van der Waals surface area contributed by atoms with Crippen molar-refractivity contribution < 1.29 is 23.4 Å². The van der Waals surface area contributed by atoms with Gasteiger partial charge >= 0.3 is 0 Å². The van der Waals surface area contributed by atoms with E-state index in [2.05, 4.69) is 6.92 Å². The number of sulfonamides is 1. The third-order valence-corrected chi connectivity index (χ3v) is 5.78. The van der Waals surface area contributed by atoms with Crippen LogP contribution in [0.15, 0.2) is 17.0 Å². The summed E-state index contributed by atoms with van der Waals surface area (Å²) in [5.41, 5.74) is 0.470. The molecule has 0 amide bonds. The maximum atomic E-state index is 12.8. The van der Waals surface area contributed by atoms with E-state index in [0.29, 0.717) is 25.2 Å². The van der Waals surface area contributed by atoms with Gasteiger partial charge in [-0.15, -0.1) is 0 Å². The van der Waals surface area contributed by atoms with E-state index in [4.69, 9.17) is 4.74 Å². The van der Waals surface area contributed by atoms with Crippen LogP contribution in [-0.2, 0) is 21.2 Å². The molecule has 1 heterocycles. The Morgan fingerprint density at radius 1 is 1.18 bits per heavy atom. The van der Waals surface area contributed by atoms with E-state index >= 15 is 0 Å². The lowest BCUT2D eigenvalue weighted by Crippen LogP contribution is -2.41. The summed E-state index contributed by atoms with van der Waals surface area (Å²) in [4.78, 5) is -0.0803. The molecule has 0 aliphatic carbocycles. The molecule has 0 saturated carbocycles. The van der Waals surface area contributed by atoms with Gasteiger partial charge in [0.2, 0.25) is 10.0 Å². The van der Waals surface area contributed by atoms with Gasteiger partial charge in [-0.3, -0.25) is 0 Å². The number of phenolic OH excluding ortho intramolecular Hbond substituents is 2. The zero-order valence-corrected chi connectivity index (χ0v) is 13.6. The van der Waals surface area contributed by atoms with Crippen LogP contribution in [0.3, 0.4) is 0 Å². The van der Waals surface area contributed by atoms with Crippen LogP contribution in [0.25, 0.3) is 0 Å². The summed E-state index contributed by atoms with van der Waals surface area (Å²) in [5.74, 6) is -0.511. The van der Waals surface area contributed by atoms with Crippen LogP contribution in [0.2, 0.25) is 0 Å². The smallest absolute Gasteiger partial charge is 0.247 e. The van der Waals surface area contributed by atoms with Gasteiger partial charge in [0.1, 0.15) is 16.4 Å². The van der Waals surface area contributed by atoms with Crippen LogP contribution in [0.5, 0.6) is 11.5 Å². The maximum Gasteiger partial charge on any atom is 0.247 e. The summed E-state index contributed by atoms with van der Waals surface area (Å²) < 4.78 is 32.1. The predicted octanol–water partition coefficient (Wildman–Crippen LogP) is 1.85. The highest BCUT2D eigenvalue weighted by Crippen LogP contribution is 2.34. The van der Waals surface area contributed by atoms with Crippen LogP contribution in [-0.4, -0.2) is 49.2 Å². The normalized spacial score (nSPS) is 16.8. The summed E-state index contributed by atoms with van der Waals surface area (Å²) in [6.07, 6.45) is 3.30. The Balaban J connectivity index is 2.38. The number of ether oxygens (including phenoxy) is 1. The summed E-state index contributed by atoms with van der Waals surface area (Å²) >= 11 is 0. The van der Waals surface area contributed by atoms with Crippen LogP contribution in [0, 0.1) is 0 Å². The van der Waals surface area contributed by atoms with Gasteiger partial charge in [0, 0.05) is 19.2 Å². The minimum absolute atomic E-state index is 0.0803. The van der Waals surface area contributed by atoms with Gasteiger partial charge in [-0.25, -0.2) is 8.42 Å². The number of benzene rings is 1. The Hall–Kier alpha value is -1.31. The van der Waals surface area contributed by atoms with Gasteiger partial charge in [-0.2, -0.15) is 4.31 Å². The van der Waals surface area contributed by atoms with Gasteiger partial charge < -0.3 is 14.9 Å². The summed E-state index contributed by atoms with van der Waals surface area (Å²) in [6.45, 7) is 3.31. The van der Waals surface area contributed by atoms with Gasteiger partial charge in [0.05, 0.1) is 13.2 Å². The molecule has 22 heavy (non-hydrogen) atoms. The molecule has 2 rings (SSSR count).